The zero-order chi connectivity index (χ0) is 15.4. The maximum atomic E-state index is 12.4. The number of aromatic nitrogens is 2. The molecule has 2 atom stereocenters. The maximum Gasteiger partial charge on any atom is 0.255 e. The Morgan fingerprint density at radius 1 is 1.33 bits per heavy atom. The second-order valence-electron chi connectivity index (χ2n) is 5.56. The monoisotopic (exact) mass is 309 g/mol. The van der Waals surface area contributed by atoms with Crippen LogP contribution in [0.4, 0.5) is 0 Å². The first-order valence-electron chi connectivity index (χ1n) is 7.38. The lowest BCUT2D eigenvalue weighted by Crippen LogP contribution is -2.37. The van der Waals surface area contributed by atoms with Crippen LogP contribution in [0, 0.1) is 19.8 Å². The minimum Gasteiger partial charge on any atom is -0.393 e. The number of aliphatic hydroxyl groups is 1. The van der Waals surface area contributed by atoms with Crippen LogP contribution in [0.1, 0.15) is 47.6 Å². The van der Waals surface area contributed by atoms with Crippen LogP contribution in [0.25, 0.3) is 0 Å². The number of hydrogen-bond acceptors (Lipinski definition) is 5. The molecule has 1 aliphatic carbocycles. The van der Waals surface area contributed by atoms with Gasteiger partial charge in [-0.25, -0.2) is 9.97 Å². The Morgan fingerprint density at radius 3 is 2.71 bits per heavy atom. The Balaban J connectivity index is 2.06. The van der Waals surface area contributed by atoms with E-state index in [2.05, 4.69) is 15.3 Å². The van der Waals surface area contributed by atoms with Gasteiger partial charge in [0.1, 0.15) is 10.9 Å². The summed E-state index contributed by atoms with van der Waals surface area (Å²) in [6.07, 6.45) is 5.62. The SMILES string of the molecule is CSc1nc(C)nc(C)c1C(=O)NCC1CCCCC1O. The van der Waals surface area contributed by atoms with Gasteiger partial charge in [0.2, 0.25) is 0 Å². The van der Waals surface area contributed by atoms with Crippen molar-refractivity contribution >= 4 is 17.7 Å². The highest BCUT2D eigenvalue weighted by Crippen LogP contribution is 2.24. The molecule has 0 aromatic carbocycles. The van der Waals surface area contributed by atoms with E-state index in [0.717, 1.165) is 25.7 Å². The summed E-state index contributed by atoms with van der Waals surface area (Å²) >= 11 is 1.45. The lowest BCUT2D eigenvalue weighted by molar-refractivity contribution is 0.0662. The molecule has 0 saturated heterocycles. The molecule has 1 amide bonds. The Bertz CT molecular complexity index is 522. The molecule has 0 bridgehead atoms. The fourth-order valence-electron chi connectivity index (χ4n) is 2.83. The van der Waals surface area contributed by atoms with Gasteiger partial charge in [0, 0.05) is 12.5 Å². The minimum atomic E-state index is -0.297. The van der Waals surface area contributed by atoms with Crippen LogP contribution in [0.15, 0.2) is 5.03 Å². The van der Waals surface area contributed by atoms with Gasteiger partial charge in [-0.05, 0) is 32.9 Å². The van der Waals surface area contributed by atoms with Crippen LogP contribution in [-0.4, -0.2) is 39.9 Å². The van der Waals surface area contributed by atoms with Crippen LogP contribution in [0.5, 0.6) is 0 Å². The summed E-state index contributed by atoms with van der Waals surface area (Å²) in [7, 11) is 0. The molecule has 2 N–H and O–H groups in total. The lowest BCUT2D eigenvalue weighted by Gasteiger charge is -2.27. The third-order valence-corrected chi connectivity index (χ3v) is 4.66. The minimum absolute atomic E-state index is 0.144. The van der Waals surface area contributed by atoms with Gasteiger partial charge in [-0.3, -0.25) is 4.79 Å². The number of hydrogen-bond donors (Lipinski definition) is 2. The highest BCUT2D eigenvalue weighted by molar-refractivity contribution is 7.98. The summed E-state index contributed by atoms with van der Waals surface area (Å²) in [5, 5.41) is 13.6. The molecule has 1 aromatic heterocycles. The Morgan fingerprint density at radius 2 is 2.05 bits per heavy atom. The normalized spacial score (nSPS) is 22.1. The quantitative estimate of drug-likeness (QED) is 0.658. The van der Waals surface area contributed by atoms with Crippen LogP contribution in [0.3, 0.4) is 0 Å². The van der Waals surface area contributed by atoms with Gasteiger partial charge in [0.25, 0.3) is 5.91 Å². The van der Waals surface area contributed by atoms with Crippen molar-refractivity contribution in [2.75, 3.05) is 12.8 Å². The van der Waals surface area contributed by atoms with E-state index in [1.807, 2.05) is 20.1 Å². The van der Waals surface area contributed by atoms with Crippen molar-refractivity contribution in [3.8, 4) is 0 Å². The first kappa shape index (κ1) is 16.2. The van der Waals surface area contributed by atoms with Crippen molar-refractivity contribution in [2.45, 2.75) is 50.7 Å². The summed E-state index contributed by atoms with van der Waals surface area (Å²) < 4.78 is 0. The number of amides is 1. The van der Waals surface area contributed by atoms with Gasteiger partial charge in [0.15, 0.2) is 0 Å². The Labute approximate surface area is 130 Å². The molecule has 116 valence electrons. The summed E-state index contributed by atoms with van der Waals surface area (Å²) in [4.78, 5) is 21.0. The number of aliphatic hydroxyl groups excluding tert-OH is 1. The molecule has 0 spiro atoms. The third kappa shape index (κ3) is 3.95. The Kier molecular flexibility index (Phi) is 5.58. The zero-order valence-electron chi connectivity index (χ0n) is 12.8. The number of rotatable bonds is 4. The summed E-state index contributed by atoms with van der Waals surface area (Å²) in [5.74, 6) is 0.692. The number of aryl methyl sites for hydroxylation is 2. The predicted octanol–water partition coefficient (Wildman–Crippen LogP) is 2.10. The second kappa shape index (κ2) is 7.22. The van der Waals surface area contributed by atoms with Crippen LogP contribution in [-0.2, 0) is 0 Å². The molecular weight excluding hydrogens is 286 g/mol. The van der Waals surface area contributed by atoms with Crippen molar-refractivity contribution in [1.82, 2.24) is 15.3 Å². The molecule has 1 aromatic rings. The van der Waals surface area contributed by atoms with E-state index in [1.54, 1.807) is 0 Å². The van der Waals surface area contributed by atoms with Gasteiger partial charge in [0.05, 0.1) is 17.4 Å². The molecule has 1 fully saturated rings. The fraction of sp³-hybridized carbons (Fsp3) is 0.667. The van der Waals surface area contributed by atoms with E-state index in [1.165, 1.54) is 11.8 Å². The first-order valence-corrected chi connectivity index (χ1v) is 8.61. The summed E-state index contributed by atoms with van der Waals surface area (Å²) in [6, 6.07) is 0. The number of thioether (sulfide) groups is 1. The zero-order valence-corrected chi connectivity index (χ0v) is 13.7. The number of carbonyl (C=O) groups is 1. The van der Waals surface area contributed by atoms with Gasteiger partial charge in [-0.15, -0.1) is 11.8 Å². The van der Waals surface area contributed by atoms with Gasteiger partial charge >= 0.3 is 0 Å². The van der Waals surface area contributed by atoms with E-state index in [4.69, 9.17) is 0 Å². The standard InChI is InChI=1S/C15H23N3O2S/c1-9-13(15(21-3)18-10(2)17-9)14(20)16-8-11-6-4-5-7-12(11)19/h11-12,19H,4-8H2,1-3H3,(H,16,20). The van der Waals surface area contributed by atoms with Crippen molar-refractivity contribution in [2.24, 2.45) is 5.92 Å². The van der Waals surface area contributed by atoms with E-state index >= 15 is 0 Å². The Hall–Kier alpha value is -1.14. The highest BCUT2D eigenvalue weighted by atomic mass is 32.2. The molecule has 1 heterocycles. The molecular formula is C15H23N3O2S. The molecule has 1 aliphatic rings. The van der Waals surface area contributed by atoms with Gasteiger partial charge in [-0.1, -0.05) is 12.8 Å². The predicted molar refractivity (Wildman–Crippen MR) is 83.6 cm³/mol. The van der Waals surface area contributed by atoms with Crippen LogP contribution < -0.4 is 5.32 Å². The topological polar surface area (TPSA) is 75.1 Å². The van der Waals surface area contributed by atoms with Gasteiger partial charge < -0.3 is 10.4 Å². The largest absolute Gasteiger partial charge is 0.393 e. The lowest BCUT2D eigenvalue weighted by atomic mass is 9.86. The van der Waals surface area contributed by atoms with E-state index < -0.39 is 0 Å². The van der Waals surface area contributed by atoms with Crippen LogP contribution >= 0.6 is 11.8 Å². The van der Waals surface area contributed by atoms with E-state index in [-0.39, 0.29) is 17.9 Å². The average molecular weight is 309 g/mol. The summed E-state index contributed by atoms with van der Waals surface area (Å²) in [5.41, 5.74) is 1.26. The highest BCUT2D eigenvalue weighted by Gasteiger charge is 2.24. The molecule has 2 rings (SSSR count). The van der Waals surface area contributed by atoms with Crippen molar-refractivity contribution in [3.63, 3.8) is 0 Å². The molecule has 21 heavy (non-hydrogen) atoms. The first-order chi connectivity index (χ1) is 10.0. The second-order valence-corrected chi connectivity index (χ2v) is 6.36. The molecule has 0 aliphatic heterocycles. The van der Waals surface area contributed by atoms with Crippen LogP contribution in [0.2, 0.25) is 0 Å². The van der Waals surface area contributed by atoms with Gasteiger partial charge in [-0.2, -0.15) is 0 Å². The average Bonchev–Trinajstić information content (AvgIpc) is 2.45. The van der Waals surface area contributed by atoms with Crippen molar-refractivity contribution in [1.29, 1.82) is 0 Å². The van der Waals surface area contributed by atoms with Crippen molar-refractivity contribution < 1.29 is 9.90 Å². The summed E-state index contributed by atoms with van der Waals surface area (Å²) in [6.45, 7) is 4.17. The molecule has 5 nitrogen and oxygen atoms in total. The van der Waals surface area contributed by atoms with E-state index in [9.17, 15) is 9.90 Å². The fourth-order valence-corrected chi connectivity index (χ4v) is 3.50. The van der Waals surface area contributed by atoms with Crippen molar-refractivity contribution in [3.05, 3.63) is 17.1 Å². The smallest absolute Gasteiger partial charge is 0.255 e. The molecule has 1 saturated carbocycles. The van der Waals surface area contributed by atoms with E-state index in [0.29, 0.717) is 28.7 Å². The number of nitrogens with zero attached hydrogens (tertiary/aromatic N) is 2. The third-order valence-electron chi connectivity index (χ3n) is 3.98. The molecule has 6 heteroatoms. The number of nitrogens with one attached hydrogen (secondary N) is 1. The molecule has 2 unspecified atom stereocenters. The maximum absolute atomic E-state index is 12.4. The molecule has 0 radical (unpaired) electrons. The number of carbonyl (C=O) groups excluding carboxylic acids is 1.